The molecule has 0 bridgehead atoms. The zero-order valence-corrected chi connectivity index (χ0v) is 20.1. The van der Waals surface area contributed by atoms with Crippen molar-refractivity contribution in [3.05, 3.63) is 83.9 Å². The molecule has 0 unspecified atom stereocenters. The standard InChI is InChI=1S/C25H29FN4O3S/c1-19-16-21(9-10-25(19)33-2)34(31,32)28-18-24(20-6-5-11-27-17-20)30-14-12-29(13-15-30)23-8-4-3-7-22(23)26/h3-11,16-17,24,28H,12-15,18H2,1-2H3/t24-/m1/s1. The average molecular weight is 485 g/mol. The van der Waals surface area contributed by atoms with E-state index in [1.54, 1.807) is 49.8 Å². The van der Waals surface area contributed by atoms with Crippen LogP contribution in [0.1, 0.15) is 17.2 Å². The quantitative estimate of drug-likeness (QED) is 0.529. The van der Waals surface area contributed by atoms with E-state index in [-0.39, 0.29) is 23.3 Å². The molecular weight excluding hydrogens is 455 g/mol. The van der Waals surface area contributed by atoms with E-state index in [1.807, 2.05) is 30.0 Å². The zero-order valence-electron chi connectivity index (χ0n) is 19.3. The number of anilines is 1. The smallest absolute Gasteiger partial charge is 0.240 e. The Morgan fingerprint density at radius 2 is 1.85 bits per heavy atom. The van der Waals surface area contributed by atoms with E-state index in [0.29, 0.717) is 37.6 Å². The van der Waals surface area contributed by atoms with Crippen LogP contribution in [0.2, 0.25) is 0 Å². The van der Waals surface area contributed by atoms with Gasteiger partial charge in [-0.2, -0.15) is 0 Å². The number of piperazine rings is 1. The normalized spacial score (nSPS) is 15.8. The molecule has 0 radical (unpaired) electrons. The molecule has 9 heteroatoms. The van der Waals surface area contributed by atoms with Crippen LogP contribution in [0, 0.1) is 12.7 Å². The number of hydrogen-bond acceptors (Lipinski definition) is 6. The topological polar surface area (TPSA) is 74.8 Å². The summed E-state index contributed by atoms with van der Waals surface area (Å²) >= 11 is 0. The lowest BCUT2D eigenvalue weighted by molar-refractivity contribution is 0.186. The monoisotopic (exact) mass is 484 g/mol. The predicted octanol–water partition coefficient (Wildman–Crippen LogP) is 3.38. The molecule has 1 N–H and O–H groups in total. The third-order valence-corrected chi connectivity index (χ3v) is 7.58. The van der Waals surface area contributed by atoms with Crippen molar-refractivity contribution in [1.29, 1.82) is 0 Å². The molecule has 1 aliphatic rings. The van der Waals surface area contributed by atoms with Crippen LogP contribution in [0.5, 0.6) is 5.75 Å². The number of methoxy groups -OCH3 is 1. The second-order valence-electron chi connectivity index (χ2n) is 8.26. The van der Waals surface area contributed by atoms with E-state index in [4.69, 9.17) is 4.74 Å². The van der Waals surface area contributed by atoms with E-state index in [1.165, 1.54) is 6.07 Å². The first-order chi connectivity index (χ1) is 16.4. The van der Waals surface area contributed by atoms with E-state index in [2.05, 4.69) is 14.6 Å². The van der Waals surface area contributed by atoms with Crippen LogP contribution in [0.4, 0.5) is 10.1 Å². The largest absolute Gasteiger partial charge is 0.496 e. The van der Waals surface area contributed by atoms with E-state index in [0.717, 1.165) is 11.1 Å². The van der Waals surface area contributed by atoms with Gasteiger partial charge in [-0.1, -0.05) is 18.2 Å². The number of benzene rings is 2. The molecule has 4 rings (SSSR count). The SMILES string of the molecule is COc1ccc(S(=O)(=O)NC[C@H](c2cccnc2)N2CCN(c3ccccc3F)CC2)cc1C. The summed E-state index contributed by atoms with van der Waals surface area (Å²) in [7, 11) is -2.17. The molecule has 0 spiro atoms. The molecule has 180 valence electrons. The van der Waals surface area contributed by atoms with Crippen molar-refractivity contribution in [2.45, 2.75) is 17.9 Å². The Bertz CT molecular complexity index is 1220. The molecule has 3 aromatic rings. The molecule has 1 atom stereocenters. The Morgan fingerprint density at radius 1 is 1.09 bits per heavy atom. The molecule has 0 aliphatic carbocycles. The summed E-state index contributed by atoms with van der Waals surface area (Å²) in [5, 5.41) is 0. The van der Waals surface area contributed by atoms with Crippen molar-refractivity contribution in [2.24, 2.45) is 0 Å². The number of nitrogens with zero attached hydrogens (tertiary/aromatic N) is 3. The first-order valence-corrected chi connectivity index (χ1v) is 12.6. The number of ether oxygens (including phenoxy) is 1. The summed E-state index contributed by atoms with van der Waals surface area (Å²) < 4.78 is 48.3. The van der Waals surface area contributed by atoms with Crippen molar-refractivity contribution in [2.75, 3.05) is 44.7 Å². The van der Waals surface area contributed by atoms with Crippen LogP contribution in [0.25, 0.3) is 0 Å². The number of nitrogens with one attached hydrogen (secondary N) is 1. The van der Waals surface area contributed by atoms with Crippen LogP contribution in [-0.2, 0) is 10.0 Å². The van der Waals surface area contributed by atoms with E-state index in [9.17, 15) is 12.8 Å². The molecule has 1 saturated heterocycles. The maximum atomic E-state index is 14.2. The summed E-state index contributed by atoms with van der Waals surface area (Å²) in [6.07, 6.45) is 3.46. The lowest BCUT2D eigenvalue weighted by Crippen LogP contribution is -2.50. The van der Waals surface area contributed by atoms with Gasteiger partial charge in [0.1, 0.15) is 11.6 Å². The fraction of sp³-hybridized carbons (Fsp3) is 0.320. The van der Waals surface area contributed by atoms with Crippen molar-refractivity contribution >= 4 is 15.7 Å². The summed E-state index contributed by atoms with van der Waals surface area (Å²) in [5.41, 5.74) is 2.27. The van der Waals surface area contributed by atoms with Gasteiger partial charge in [-0.25, -0.2) is 17.5 Å². The number of sulfonamides is 1. The highest BCUT2D eigenvalue weighted by Crippen LogP contribution is 2.26. The lowest BCUT2D eigenvalue weighted by atomic mass is 10.1. The molecule has 1 aliphatic heterocycles. The number of aryl methyl sites for hydroxylation is 1. The average Bonchev–Trinajstić information content (AvgIpc) is 2.85. The van der Waals surface area contributed by atoms with E-state index >= 15 is 0 Å². The maximum Gasteiger partial charge on any atom is 0.240 e. The molecule has 0 amide bonds. The lowest BCUT2D eigenvalue weighted by Gasteiger charge is -2.40. The van der Waals surface area contributed by atoms with Crippen molar-refractivity contribution < 1.29 is 17.5 Å². The third kappa shape index (κ3) is 5.38. The molecule has 2 aromatic carbocycles. The van der Waals surface area contributed by atoms with Gasteiger partial charge in [-0.05, 0) is 54.4 Å². The number of pyridine rings is 1. The predicted molar refractivity (Wildman–Crippen MR) is 130 cm³/mol. The fourth-order valence-electron chi connectivity index (χ4n) is 4.30. The van der Waals surface area contributed by atoms with Gasteiger partial charge in [0.25, 0.3) is 0 Å². The third-order valence-electron chi connectivity index (χ3n) is 6.16. The van der Waals surface area contributed by atoms with Gasteiger partial charge in [0, 0.05) is 45.1 Å². The highest BCUT2D eigenvalue weighted by atomic mass is 32.2. The van der Waals surface area contributed by atoms with Gasteiger partial charge in [0.2, 0.25) is 10.0 Å². The Hall–Kier alpha value is -3.01. The zero-order chi connectivity index (χ0) is 24.1. The molecular formula is C25H29FN4O3S. The first-order valence-electron chi connectivity index (χ1n) is 11.2. The summed E-state index contributed by atoms with van der Waals surface area (Å²) in [6.45, 7) is 4.61. The molecule has 1 fully saturated rings. The van der Waals surface area contributed by atoms with E-state index < -0.39 is 10.0 Å². The van der Waals surface area contributed by atoms with Gasteiger partial charge in [-0.15, -0.1) is 0 Å². The van der Waals surface area contributed by atoms with Gasteiger partial charge in [-0.3, -0.25) is 9.88 Å². The minimum atomic E-state index is -3.72. The van der Waals surface area contributed by atoms with Crippen LogP contribution in [0.15, 0.2) is 71.9 Å². The molecule has 0 saturated carbocycles. The molecule has 34 heavy (non-hydrogen) atoms. The van der Waals surface area contributed by atoms with Gasteiger partial charge >= 0.3 is 0 Å². The van der Waals surface area contributed by atoms with Crippen LogP contribution in [-0.4, -0.2) is 58.1 Å². The van der Waals surface area contributed by atoms with Crippen molar-refractivity contribution in [1.82, 2.24) is 14.6 Å². The second kappa shape index (κ2) is 10.5. The highest BCUT2D eigenvalue weighted by Gasteiger charge is 2.28. The van der Waals surface area contributed by atoms with Crippen molar-refractivity contribution in [3.63, 3.8) is 0 Å². The Morgan fingerprint density at radius 3 is 2.50 bits per heavy atom. The minimum Gasteiger partial charge on any atom is -0.496 e. The summed E-state index contributed by atoms with van der Waals surface area (Å²) in [6, 6.07) is 15.2. The second-order valence-corrected chi connectivity index (χ2v) is 10.0. The highest BCUT2D eigenvalue weighted by molar-refractivity contribution is 7.89. The number of halogens is 1. The van der Waals surface area contributed by atoms with Gasteiger partial charge < -0.3 is 9.64 Å². The maximum absolute atomic E-state index is 14.2. The Kier molecular flexibility index (Phi) is 7.45. The number of para-hydroxylation sites is 1. The Balaban J connectivity index is 1.49. The van der Waals surface area contributed by atoms with Crippen LogP contribution >= 0.6 is 0 Å². The summed E-state index contributed by atoms with van der Waals surface area (Å²) in [5.74, 6) is 0.405. The van der Waals surface area contributed by atoms with Crippen LogP contribution < -0.4 is 14.4 Å². The van der Waals surface area contributed by atoms with Gasteiger partial charge in [0.05, 0.1) is 23.7 Å². The fourth-order valence-corrected chi connectivity index (χ4v) is 5.43. The van der Waals surface area contributed by atoms with Crippen molar-refractivity contribution in [3.8, 4) is 5.75 Å². The Labute approximate surface area is 200 Å². The molecule has 7 nitrogen and oxygen atoms in total. The molecule has 1 aromatic heterocycles. The van der Waals surface area contributed by atoms with Crippen LogP contribution in [0.3, 0.4) is 0 Å². The minimum absolute atomic E-state index is 0.193. The summed E-state index contributed by atoms with van der Waals surface area (Å²) in [4.78, 5) is 8.67. The number of aromatic nitrogens is 1. The first kappa shape index (κ1) is 24.1. The van der Waals surface area contributed by atoms with Gasteiger partial charge in [0.15, 0.2) is 0 Å². The molecule has 2 heterocycles. The number of hydrogen-bond donors (Lipinski definition) is 1. The number of rotatable bonds is 8.